The predicted octanol–water partition coefficient (Wildman–Crippen LogP) is 2.96. The van der Waals surface area contributed by atoms with Crippen LogP contribution in [0.2, 0.25) is 0 Å². The maximum absolute atomic E-state index is 12.2. The number of methoxy groups -OCH3 is 1. The second kappa shape index (κ2) is 8.29. The molecule has 1 aromatic carbocycles. The van der Waals surface area contributed by atoms with Crippen molar-refractivity contribution in [1.82, 2.24) is 0 Å². The van der Waals surface area contributed by atoms with Crippen LogP contribution < -0.4 is 5.32 Å². The van der Waals surface area contributed by atoms with Gasteiger partial charge in [-0.2, -0.15) is 0 Å². The predicted molar refractivity (Wildman–Crippen MR) is 87.7 cm³/mol. The van der Waals surface area contributed by atoms with Gasteiger partial charge in [-0.3, -0.25) is 9.00 Å². The average Bonchev–Trinajstić information content (AvgIpc) is 2.45. The monoisotopic (exact) mass is 311 g/mol. The maximum atomic E-state index is 12.2. The summed E-state index contributed by atoms with van der Waals surface area (Å²) in [4.78, 5) is 12.2. The van der Waals surface area contributed by atoms with E-state index < -0.39 is 16.2 Å². The summed E-state index contributed by atoms with van der Waals surface area (Å²) in [6, 6.07) is 7.53. The summed E-state index contributed by atoms with van der Waals surface area (Å²) in [6.07, 6.45) is 0.777. The minimum absolute atomic E-state index is 0.00246. The van der Waals surface area contributed by atoms with Crippen molar-refractivity contribution >= 4 is 22.4 Å². The maximum Gasteiger partial charge on any atom is 0.230 e. The molecule has 1 aromatic rings. The molecule has 0 aromatic heterocycles. The molecular formula is C16H25NO3S. The van der Waals surface area contributed by atoms with Crippen molar-refractivity contribution in [3.8, 4) is 0 Å². The number of ether oxygens (including phenoxy) is 1. The third kappa shape index (κ3) is 5.98. The Morgan fingerprint density at radius 3 is 2.71 bits per heavy atom. The second-order valence-electron chi connectivity index (χ2n) is 5.67. The quantitative estimate of drug-likeness (QED) is 0.803. The molecule has 4 nitrogen and oxygen atoms in total. The molecule has 0 spiro atoms. The Morgan fingerprint density at radius 2 is 2.10 bits per heavy atom. The van der Waals surface area contributed by atoms with E-state index in [4.69, 9.17) is 4.74 Å². The zero-order valence-corrected chi connectivity index (χ0v) is 14.1. The van der Waals surface area contributed by atoms with Crippen LogP contribution in [0.1, 0.15) is 32.8 Å². The zero-order chi connectivity index (χ0) is 15.9. The first-order valence-corrected chi connectivity index (χ1v) is 8.62. The van der Waals surface area contributed by atoms with Gasteiger partial charge in [-0.25, -0.2) is 0 Å². The van der Waals surface area contributed by atoms with E-state index in [9.17, 15) is 9.00 Å². The number of nitrogens with one attached hydrogen (secondary N) is 1. The number of carbonyl (C=O) groups excluding carboxylic acids is 1. The number of hydrogen-bond acceptors (Lipinski definition) is 3. The molecule has 5 heteroatoms. The number of rotatable bonds is 8. The number of carbonyl (C=O) groups is 1. The van der Waals surface area contributed by atoms with Gasteiger partial charge in [0.25, 0.3) is 0 Å². The highest BCUT2D eigenvalue weighted by Crippen LogP contribution is 2.22. The summed E-state index contributed by atoms with van der Waals surface area (Å²) < 4.78 is 16.8. The third-order valence-corrected chi connectivity index (χ3v) is 4.80. The zero-order valence-electron chi connectivity index (χ0n) is 13.3. The first-order chi connectivity index (χ1) is 9.89. The summed E-state index contributed by atoms with van der Waals surface area (Å²) in [5.41, 5.74) is 1.32. The largest absolute Gasteiger partial charge is 0.384 e. The molecule has 1 atom stereocenters. The number of hydrogen-bond donors (Lipinski definition) is 1. The molecule has 0 saturated carbocycles. The fraction of sp³-hybridized carbons (Fsp3) is 0.562. The van der Waals surface area contributed by atoms with Crippen LogP contribution in [0.25, 0.3) is 0 Å². The van der Waals surface area contributed by atoms with E-state index in [0.29, 0.717) is 18.1 Å². The van der Waals surface area contributed by atoms with Gasteiger partial charge in [0.05, 0.1) is 6.61 Å². The lowest BCUT2D eigenvalue weighted by Gasteiger charge is -2.21. The highest BCUT2D eigenvalue weighted by molar-refractivity contribution is 7.84. The van der Waals surface area contributed by atoms with Crippen molar-refractivity contribution in [1.29, 1.82) is 0 Å². The van der Waals surface area contributed by atoms with Crippen LogP contribution >= 0.6 is 0 Å². The molecule has 1 rings (SSSR count). The van der Waals surface area contributed by atoms with Crippen LogP contribution in [-0.4, -0.2) is 29.6 Å². The van der Waals surface area contributed by atoms with E-state index in [1.807, 2.05) is 45.0 Å². The molecule has 1 amide bonds. The fourth-order valence-corrected chi connectivity index (χ4v) is 2.68. The molecule has 0 heterocycles. The van der Waals surface area contributed by atoms with Crippen LogP contribution in [0.15, 0.2) is 24.3 Å². The number of amides is 1. The summed E-state index contributed by atoms with van der Waals surface area (Å²) in [7, 11) is 0.652. The Labute approximate surface area is 129 Å². The van der Waals surface area contributed by atoms with Gasteiger partial charge in [-0.1, -0.05) is 32.9 Å². The van der Waals surface area contributed by atoms with Crippen molar-refractivity contribution < 1.29 is 13.7 Å². The fourth-order valence-electron chi connectivity index (χ4n) is 1.63. The van der Waals surface area contributed by atoms with Crippen LogP contribution in [0.4, 0.5) is 5.69 Å². The third-order valence-electron chi connectivity index (χ3n) is 3.53. The van der Waals surface area contributed by atoms with Gasteiger partial charge in [0.15, 0.2) is 0 Å². The molecule has 1 N–H and O–H groups in total. The Bertz CT molecular complexity index is 500. The molecule has 0 aliphatic heterocycles. The Kier molecular flexibility index (Phi) is 7.05. The highest BCUT2D eigenvalue weighted by atomic mass is 32.2. The van der Waals surface area contributed by atoms with Crippen LogP contribution in [0.5, 0.6) is 0 Å². The van der Waals surface area contributed by atoms with Crippen LogP contribution in [-0.2, 0) is 26.1 Å². The second-order valence-corrected chi connectivity index (χ2v) is 7.25. The van der Waals surface area contributed by atoms with Gasteiger partial charge in [0.2, 0.25) is 5.91 Å². The standard InChI is InChI=1S/C16H25NO3S/c1-5-16(2,3)15(18)17-14-8-6-7-13(11-14)12-21(19)10-9-20-4/h6-8,11H,5,9-10,12H2,1-4H3,(H,17,18). The van der Waals surface area contributed by atoms with Gasteiger partial charge in [0, 0.05) is 40.5 Å². The molecule has 1 unspecified atom stereocenters. The first-order valence-electron chi connectivity index (χ1n) is 7.13. The van der Waals surface area contributed by atoms with Crippen molar-refractivity contribution in [2.45, 2.75) is 32.9 Å². The number of benzene rings is 1. The Hall–Kier alpha value is -1.20. The topological polar surface area (TPSA) is 55.4 Å². The molecule has 0 aliphatic carbocycles. The van der Waals surface area contributed by atoms with E-state index in [1.165, 1.54) is 0 Å². The van der Waals surface area contributed by atoms with E-state index in [2.05, 4.69) is 5.32 Å². The van der Waals surface area contributed by atoms with E-state index in [-0.39, 0.29) is 5.91 Å². The van der Waals surface area contributed by atoms with Crippen LogP contribution in [0, 0.1) is 5.41 Å². The van der Waals surface area contributed by atoms with Crippen LogP contribution in [0.3, 0.4) is 0 Å². The lowest BCUT2D eigenvalue weighted by atomic mass is 9.89. The minimum Gasteiger partial charge on any atom is -0.384 e. The average molecular weight is 311 g/mol. The van der Waals surface area contributed by atoms with Crippen molar-refractivity contribution in [3.63, 3.8) is 0 Å². The van der Waals surface area contributed by atoms with Gasteiger partial charge < -0.3 is 10.1 Å². The van der Waals surface area contributed by atoms with Crippen molar-refractivity contribution in [2.75, 3.05) is 24.8 Å². The summed E-state index contributed by atoms with van der Waals surface area (Å²) in [6.45, 7) is 6.33. The molecule has 0 radical (unpaired) electrons. The molecule has 0 fully saturated rings. The summed E-state index contributed by atoms with van der Waals surface area (Å²) in [5, 5.41) is 2.93. The Morgan fingerprint density at radius 1 is 1.38 bits per heavy atom. The molecule has 0 aliphatic rings. The minimum atomic E-state index is -0.948. The van der Waals surface area contributed by atoms with E-state index in [0.717, 1.165) is 17.7 Å². The molecule has 118 valence electrons. The smallest absolute Gasteiger partial charge is 0.230 e. The first kappa shape index (κ1) is 17.9. The van der Waals surface area contributed by atoms with Gasteiger partial charge in [-0.15, -0.1) is 0 Å². The molecular weight excluding hydrogens is 286 g/mol. The summed E-state index contributed by atoms with van der Waals surface area (Å²) in [5.74, 6) is 1.00. The van der Waals surface area contributed by atoms with Gasteiger partial charge in [0.1, 0.15) is 0 Å². The van der Waals surface area contributed by atoms with E-state index >= 15 is 0 Å². The SMILES string of the molecule is CCC(C)(C)C(=O)Nc1cccc(CS(=O)CCOC)c1. The normalized spacial score (nSPS) is 13.0. The van der Waals surface area contributed by atoms with E-state index in [1.54, 1.807) is 7.11 Å². The molecule has 0 bridgehead atoms. The Balaban J connectivity index is 2.68. The lowest BCUT2D eigenvalue weighted by Crippen LogP contribution is -2.30. The number of anilines is 1. The van der Waals surface area contributed by atoms with Crippen molar-refractivity contribution in [2.24, 2.45) is 5.41 Å². The van der Waals surface area contributed by atoms with Gasteiger partial charge in [-0.05, 0) is 24.1 Å². The van der Waals surface area contributed by atoms with Crippen molar-refractivity contribution in [3.05, 3.63) is 29.8 Å². The molecule has 21 heavy (non-hydrogen) atoms. The summed E-state index contributed by atoms with van der Waals surface area (Å²) >= 11 is 0. The van der Waals surface area contributed by atoms with Gasteiger partial charge >= 0.3 is 0 Å². The lowest BCUT2D eigenvalue weighted by molar-refractivity contribution is -0.124. The molecule has 0 saturated heterocycles. The highest BCUT2D eigenvalue weighted by Gasteiger charge is 2.25.